The minimum absolute atomic E-state index is 0.832. The molecule has 0 aliphatic heterocycles. The van der Waals surface area contributed by atoms with Crippen LogP contribution < -0.4 is 0 Å². The number of benzene rings is 4. The average molecular weight is 813 g/mol. The lowest BCUT2D eigenvalue weighted by atomic mass is 10.1. The number of hydrogen-bond acceptors (Lipinski definition) is 4. The van der Waals surface area contributed by atoms with Gasteiger partial charge in [-0.3, -0.25) is 0 Å². The van der Waals surface area contributed by atoms with Crippen molar-refractivity contribution >= 4 is 43.6 Å². The van der Waals surface area contributed by atoms with Gasteiger partial charge >= 0.3 is 0 Å². The van der Waals surface area contributed by atoms with Crippen molar-refractivity contribution in [3.63, 3.8) is 0 Å². The molecule has 8 aromatic rings. The van der Waals surface area contributed by atoms with Gasteiger partial charge in [0.05, 0.1) is 0 Å². The SMILES string of the molecule is COCCCc1c(C)[nH]c2ccccc12.COCCCc1c(C)n(C)c2ccccc12.COCCCc1c[nH]c2ccccc12.COCCCc1cn(C)c2ccccc12. The molecule has 60 heavy (non-hydrogen) atoms. The minimum Gasteiger partial charge on any atom is -0.385 e. The molecule has 0 radical (unpaired) electrons. The molecule has 0 spiro atoms. The van der Waals surface area contributed by atoms with Gasteiger partial charge in [0.25, 0.3) is 0 Å². The second-order valence-electron chi connectivity index (χ2n) is 15.4. The molecule has 0 bridgehead atoms. The van der Waals surface area contributed by atoms with Crippen LogP contribution in [0.5, 0.6) is 0 Å². The number of aryl methyl sites for hydroxylation is 7. The van der Waals surface area contributed by atoms with Crippen LogP contribution in [0.25, 0.3) is 43.6 Å². The van der Waals surface area contributed by atoms with Crippen molar-refractivity contribution in [1.29, 1.82) is 0 Å². The summed E-state index contributed by atoms with van der Waals surface area (Å²) in [5.74, 6) is 0. The number of nitrogens with zero attached hydrogens (tertiary/aromatic N) is 2. The molecule has 0 unspecified atom stereocenters. The van der Waals surface area contributed by atoms with Crippen LogP contribution in [0.4, 0.5) is 0 Å². The lowest BCUT2D eigenvalue weighted by Crippen LogP contribution is -1.95. The topological polar surface area (TPSA) is 78.4 Å². The Morgan fingerprint density at radius 1 is 0.483 bits per heavy atom. The first-order valence-corrected chi connectivity index (χ1v) is 21.5. The predicted octanol–water partition coefficient (Wildman–Crippen LogP) is 11.6. The van der Waals surface area contributed by atoms with Crippen LogP contribution in [0.1, 0.15) is 59.3 Å². The number of aromatic nitrogens is 4. The number of fused-ring (bicyclic) bond motifs is 4. The van der Waals surface area contributed by atoms with Crippen molar-refractivity contribution in [2.24, 2.45) is 14.1 Å². The van der Waals surface area contributed by atoms with Gasteiger partial charge in [-0.1, -0.05) is 72.8 Å². The Hall–Kier alpha value is -5.12. The fourth-order valence-corrected chi connectivity index (χ4v) is 8.14. The molecule has 0 aliphatic rings. The third-order valence-corrected chi connectivity index (χ3v) is 11.4. The van der Waals surface area contributed by atoms with Crippen molar-refractivity contribution in [3.05, 3.63) is 143 Å². The molecule has 4 aromatic heterocycles. The van der Waals surface area contributed by atoms with Crippen molar-refractivity contribution in [1.82, 2.24) is 19.1 Å². The molecule has 2 N–H and O–H groups in total. The quantitative estimate of drug-likeness (QED) is 0.0953. The van der Waals surface area contributed by atoms with E-state index < -0.39 is 0 Å². The van der Waals surface area contributed by atoms with Crippen molar-refractivity contribution in [2.45, 2.75) is 65.2 Å². The Morgan fingerprint density at radius 2 is 0.967 bits per heavy atom. The molecular weight excluding hydrogens is 745 g/mol. The van der Waals surface area contributed by atoms with Crippen molar-refractivity contribution < 1.29 is 18.9 Å². The maximum Gasteiger partial charge on any atom is 0.0482 e. The monoisotopic (exact) mass is 813 g/mol. The summed E-state index contributed by atoms with van der Waals surface area (Å²) in [4.78, 5) is 6.69. The Kier molecular flexibility index (Phi) is 18.5. The number of aromatic amines is 2. The molecule has 8 nitrogen and oxygen atoms in total. The molecule has 320 valence electrons. The first-order chi connectivity index (χ1) is 29.3. The summed E-state index contributed by atoms with van der Waals surface area (Å²) < 4.78 is 24.8. The van der Waals surface area contributed by atoms with E-state index in [4.69, 9.17) is 18.9 Å². The van der Waals surface area contributed by atoms with Gasteiger partial charge in [0.1, 0.15) is 0 Å². The van der Waals surface area contributed by atoms with Gasteiger partial charge in [-0.2, -0.15) is 0 Å². The molecule has 4 aromatic carbocycles. The van der Waals surface area contributed by atoms with Crippen molar-refractivity contribution in [2.75, 3.05) is 54.9 Å². The minimum atomic E-state index is 0.832. The summed E-state index contributed by atoms with van der Waals surface area (Å²) in [7, 11) is 11.2. The Labute approximate surface area is 357 Å². The first kappa shape index (κ1) is 46.0. The van der Waals surface area contributed by atoms with E-state index in [0.717, 1.165) is 77.8 Å². The Bertz CT molecular complexity index is 2460. The molecule has 0 atom stereocenters. The molecule has 8 heteroatoms. The zero-order chi connectivity index (χ0) is 42.7. The second-order valence-corrected chi connectivity index (χ2v) is 15.4. The summed E-state index contributed by atoms with van der Waals surface area (Å²) >= 11 is 0. The number of hydrogen-bond donors (Lipinski definition) is 2. The molecule has 0 fully saturated rings. The van der Waals surface area contributed by atoms with Crippen LogP contribution in [0.15, 0.2) is 109 Å². The third kappa shape index (κ3) is 12.2. The van der Waals surface area contributed by atoms with E-state index in [9.17, 15) is 0 Å². The third-order valence-electron chi connectivity index (χ3n) is 11.4. The fraction of sp³-hybridized carbons (Fsp3) is 0.385. The number of nitrogens with one attached hydrogen (secondary N) is 2. The van der Waals surface area contributed by atoms with Crippen LogP contribution in [0.3, 0.4) is 0 Å². The molecule has 0 amide bonds. The van der Waals surface area contributed by atoms with E-state index in [1.54, 1.807) is 28.4 Å². The smallest absolute Gasteiger partial charge is 0.0482 e. The standard InChI is InChI=1S/C14H19NO.2C13H17NO.C12H15NO/c1-11-12(8-6-10-16-3)13-7-4-5-9-14(13)15(11)2;1-14-10-11(6-5-9-15-2)12-7-3-4-8-13(12)14;1-10-11(7-5-9-15-2)12-6-3-4-8-13(12)14-10;1-14-8-4-5-10-9-13-12-7-3-2-6-11(10)12/h4-5,7,9H,6,8,10H2,1-3H3;3-4,7-8,10H,5-6,9H2,1-2H3;3-4,6,8,14H,5,7,9H2,1-2H3;2-3,6-7,9,13H,4-5,8H2,1H3. The van der Waals surface area contributed by atoms with Crippen LogP contribution in [-0.2, 0) is 58.7 Å². The normalized spacial score (nSPS) is 11.1. The maximum absolute atomic E-state index is 5.12. The molecule has 0 aliphatic carbocycles. The highest BCUT2D eigenvalue weighted by Crippen LogP contribution is 2.26. The van der Waals surface area contributed by atoms with E-state index in [1.807, 2.05) is 0 Å². The van der Waals surface area contributed by atoms with Gasteiger partial charge in [-0.05, 0) is 112 Å². The molecule has 8 rings (SSSR count). The average Bonchev–Trinajstić information content (AvgIpc) is 4.00. The zero-order valence-electron chi connectivity index (χ0n) is 37.4. The Balaban J connectivity index is 0.000000152. The van der Waals surface area contributed by atoms with Gasteiger partial charge < -0.3 is 38.0 Å². The van der Waals surface area contributed by atoms with Crippen LogP contribution in [0, 0.1) is 13.8 Å². The summed E-state index contributed by atoms with van der Waals surface area (Å²) in [5, 5.41) is 5.45. The van der Waals surface area contributed by atoms with Gasteiger partial charge in [0, 0.05) is 136 Å². The zero-order valence-corrected chi connectivity index (χ0v) is 37.4. The van der Waals surface area contributed by atoms with Crippen LogP contribution in [-0.4, -0.2) is 74.0 Å². The van der Waals surface area contributed by atoms with E-state index >= 15 is 0 Å². The van der Waals surface area contributed by atoms with E-state index in [2.05, 4.69) is 157 Å². The highest BCUT2D eigenvalue weighted by atomic mass is 16.5. The number of H-pyrrole nitrogens is 2. The lowest BCUT2D eigenvalue weighted by Gasteiger charge is -2.02. The number of ether oxygens (including phenoxy) is 4. The molecule has 0 saturated carbocycles. The number of methoxy groups -OCH3 is 4. The largest absolute Gasteiger partial charge is 0.385 e. The van der Waals surface area contributed by atoms with E-state index in [-0.39, 0.29) is 0 Å². The van der Waals surface area contributed by atoms with Gasteiger partial charge in [0.2, 0.25) is 0 Å². The van der Waals surface area contributed by atoms with Gasteiger partial charge in [-0.25, -0.2) is 0 Å². The highest BCUT2D eigenvalue weighted by molar-refractivity contribution is 5.86. The second kappa shape index (κ2) is 24.2. The Morgan fingerprint density at radius 3 is 1.60 bits per heavy atom. The summed E-state index contributed by atoms with van der Waals surface area (Å²) in [6, 6.07) is 34.0. The highest BCUT2D eigenvalue weighted by Gasteiger charge is 2.11. The maximum atomic E-state index is 5.12. The number of rotatable bonds is 16. The van der Waals surface area contributed by atoms with Crippen molar-refractivity contribution in [3.8, 4) is 0 Å². The van der Waals surface area contributed by atoms with Gasteiger partial charge in [-0.15, -0.1) is 0 Å². The summed E-state index contributed by atoms with van der Waals surface area (Å²) in [6.45, 7) is 7.68. The van der Waals surface area contributed by atoms with Gasteiger partial charge in [0.15, 0.2) is 0 Å². The van der Waals surface area contributed by atoms with Crippen LogP contribution in [0.2, 0.25) is 0 Å². The fourth-order valence-electron chi connectivity index (χ4n) is 8.14. The molecule has 4 heterocycles. The molecular formula is C52H68N4O4. The predicted molar refractivity (Wildman–Crippen MR) is 253 cm³/mol. The first-order valence-electron chi connectivity index (χ1n) is 21.5. The van der Waals surface area contributed by atoms with E-state index in [1.165, 1.54) is 77.3 Å². The molecule has 0 saturated heterocycles. The number of para-hydroxylation sites is 4. The lowest BCUT2D eigenvalue weighted by molar-refractivity contribution is 0.195. The van der Waals surface area contributed by atoms with E-state index in [0.29, 0.717) is 0 Å². The summed E-state index contributed by atoms with van der Waals surface area (Å²) in [5.41, 5.74) is 13.5. The van der Waals surface area contributed by atoms with Crippen LogP contribution >= 0.6 is 0 Å². The summed E-state index contributed by atoms with van der Waals surface area (Å²) in [6.07, 6.45) is 13.0.